The fraction of sp³-hybridized carbons (Fsp3) is 0.500. The molecule has 1 fully saturated rings. The van der Waals surface area contributed by atoms with Crippen molar-refractivity contribution in [2.24, 2.45) is 5.41 Å². The molecule has 2 unspecified atom stereocenters. The van der Waals surface area contributed by atoms with Gasteiger partial charge in [-0.15, -0.1) is 0 Å². The molecule has 1 aromatic carbocycles. The molecule has 1 saturated carbocycles. The van der Waals surface area contributed by atoms with E-state index in [0.717, 1.165) is 6.07 Å². The molecule has 7 heteroatoms. The molecule has 2 rings (SSSR count). The summed E-state index contributed by atoms with van der Waals surface area (Å²) in [5.74, 6) is -2.33. The Balaban J connectivity index is 2.30. The summed E-state index contributed by atoms with van der Waals surface area (Å²) >= 11 is 3.18. The number of amides is 1. The summed E-state index contributed by atoms with van der Waals surface area (Å²) in [5, 5.41) is 12.2. The van der Waals surface area contributed by atoms with Gasteiger partial charge in [-0.2, -0.15) is 0 Å². The molecule has 126 valence electrons. The average molecular weight is 388 g/mol. The van der Waals surface area contributed by atoms with Gasteiger partial charge in [-0.25, -0.2) is 9.18 Å². The summed E-state index contributed by atoms with van der Waals surface area (Å²) in [4.78, 5) is 24.3. The lowest BCUT2D eigenvalue weighted by Crippen LogP contribution is -2.76. The Morgan fingerprint density at radius 3 is 2.65 bits per heavy atom. The first-order chi connectivity index (χ1) is 10.7. The number of benzene rings is 1. The fourth-order valence-electron chi connectivity index (χ4n) is 2.97. The largest absolute Gasteiger partial charge is 0.479 e. The molecule has 0 spiro atoms. The van der Waals surface area contributed by atoms with Crippen LogP contribution in [-0.4, -0.2) is 35.2 Å². The van der Waals surface area contributed by atoms with E-state index in [1.165, 1.54) is 12.1 Å². The lowest BCUT2D eigenvalue weighted by atomic mass is 9.54. The van der Waals surface area contributed by atoms with Crippen molar-refractivity contribution in [3.63, 3.8) is 0 Å². The summed E-state index contributed by atoms with van der Waals surface area (Å²) in [6, 6.07) is 3.69. The predicted molar refractivity (Wildman–Crippen MR) is 85.7 cm³/mol. The normalized spacial score (nSPS) is 25.5. The van der Waals surface area contributed by atoms with Crippen LogP contribution < -0.4 is 5.32 Å². The number of carboxylic acid groups (broad SMARTS) is 1. The van der Waals surface area contributed by atoms with Crippen LogP contribution in [0, 0.1) is 11.2 Å². The van der Waals surface area contributed by atoms with Crippen LogP contribution in [-0.2, 0) is 9.53 Å². The van der Waals surface area contributed by atoms with Crippen molar-refractivity contribution in [3.05, 3.63) is 34.1 Å². The van der Waals surface area contributed by atoms with E-state index in [-0.39, 0.29) is 18.1 Å². The summed E-state index contributed by atoms with van der Waals surface area (Å²) < 4.78 is 19.3. The summed E-state index contributed by atoms with van der Waals surface area (Å²) in [7, 11) is 0. The minimum absolute atomic E-state index is 0.0567. The highest BCUT2D eigenvalue weighted by molar-refractivity contribution is 9.10. The van der Waals surface area contributed by atoms with E-state index in [4.69, 9.17) is 4.74 Å². The quantitative estimate of drug-likeness (QED) is 0.814. The molecule has 1 aromatic rings. The second-order valence-corrected chi connectivity index (χ2v) is 7.01. The van der Waals surface area contributed by atoms with Crippen molar-refractivity contribution < 1.29 is 23.8 Å². The van der Waals surface area contributed by atoms with Crippen molar-refractivity contribution in [2.45, 2.75) is 38.8 Å². The summed E-state index contributed by atoms with van der Waals surface area (Å²) in [5.41, 5.74) is -2.18. The Kier molecular flexibility index (Phi) is 4.82. The van der Waals surface area contributed by atoms with Gasteiger partial charge in [0.05, 0.1) is 11.7 Å². The van der Waals surface area contributed by atoms with Gasteiger partial charge in [0.15, 0.2) is 0 Å². The van der Waals surface area contributed by atoms with Crippen LogP contribution in [0.2, 0.25) is 0 Å². The molecule has 5 nitrogen and oxygen atoms in total. The van der Waals surface area contributed by atoms with Gasteiger partial charge in [0, 0.05) is 22.9 Å². The topological polar surface area (TPSA) is 75.6 Å². The second kappa shape index (κ2) is 6.20. The highest BCUT2D eigenvalue weighted by atomic mass is 79.9. The number of hydrogen-bond donors (Lipinski definition) is 2. The fourth-order valence-corrected chi connectivity index (χ4v) is 3.40. The van der Waals surface area contributed by atoms with Crippen LogP contribution in [0.1, 0.15) is 37.6 Å². The Bertz CT molecular complexity index is 649. The number of carbonyl (C=O) groups excluding carboxylic acids is 1. The molecule has 0 heterocycles. The van der Waals surface area contributed by atoms with Crippen LogP contribution in [0.3, 0.4) is 0 Å². The van der Waals surface area contributed by atoms with E-state index < -0.39 is 28.6 Å². The molecule has 0 bridgehead atoms. The first-order valence-electron chi connectivity index (χ1n) is 7.28. The summed E-state index contributed by atoms with van der Waals surface area (Å²) in [6.45, 7) is 5.78. The number of rotatable bonds is 5. The Labute approximate surface area is 142 Å². The van der Waals surface area contributed by atoms with Crippen LogP contribution >= 0.6 is 15.9 Å². The standard InChI is InChI=1S/C16H19BrFNO4/c1-4-23-12-8-16(14(21)22,15(12,2)3)19-13(20)10-7-9(18)5-6-11(10)17/h5-7,12H,4,8H2,1-3H3,(H,19,20)(H,21,22). The number of carboxylic acids is 1. The van der Waals surface area contributed by atoms with Crippen molar-refractivity contribution in [1.29, 1.82) is 0 Å². The predicted octanol–water partition coefficient (Wildman–Crippen LogP) is 2.98. The molecule has 1 amide bonds. The van der Waals surface area contributed by atoms with E-state index >= 15 is 0 Å². The number of nitrogens with one attached hydrogen (secondary N) is 1. The van der Waals surface area contributed by atoms with E-state index in [0.29, 0.717) is 11.1 Å². The molecular formula is C16H19BrFNO4. The third kappa shape index (κ3) is 2.87. The van der Waals surface area contributed by atoms with E-state index in [2.05, 4.69) is 21.2 Å². The van der Waals surface area contributed by atoms with Crippen LogP contribution in [0.4, 0.5) is 4.39 Å². The number of carbonyl (C=O) groups is 2. The number of aliphatic carboxylic acids is 1. The minimum Gasteiger partial charge on any atom is -0.479 e. The van der Waals surface area contributed by atoms with Crippen molar-refractivity contribution in [1.82, 2.24) is 5.32 Å². The highest BCUT2D eigenvalue weighted by Crippen LogP contribution is 2.51. The Morgan fingerprint density at radius 1 is 1.48 bits per heavy atom. The maximum absolute atomic E-state index is 13.4. The highest BCUT2D eigenvalue weighted by Gasteiger charge is 2.66. The van der Waals surface area contributed by atoms with Crippen molar-refractivity contribution >= 4 is 27.8 Å². The van der Waals surface area contributed by atoms with Gasteiger partial charge in [-0.1, -0.05) is 13.8 Å². The molecule has 0 aromatic heterocycles. The third-order valence-electron chi connectivity index (χ3n) is 4.63. The maximum atomic E-state index is 13.4. The zero-order valence-corrected chi connectivity index (χ0v) is 14.7. The smallest absolute Gasteiger partial charge is 0.330 e. The van der Waals surface area contributed by atoms with E-state index in [9.17, 15) is 19.1 Å². The molecule has 1 aliphatic carbocycles. The van der Waals surface area contributed by atoms with Crippen LogP contribution in [0.15, 0.2) is 22.7 Å². The zero-order valence-electron chi connectivity index (χ0n) is 13.2. The van der Waals surface area contributed by atoms with Gasteiger partial charge >= 0.3 is 5.97 Å². The van der Waals surface area contributed by atoms with E-state index in [1.54, 1.807) is 13.8 Å². The lowest BCUT2D eigenvalue weighted by molar-refractivity contribution is -0.190. The molecule has 1 aliphatic rings. The first kappa shape index (κ1) is 17.9. The molecule has 0 aliphatic heterocycles. The molecule has 2 atom stereocenters. The van der Waals surface area contributed by atoms with Crippen molar-refractivity contribution in [2.75, 3.05) is 6.61 Å². The van der Waals surface area contributed by atoms with Crippen molar-refractivity contribution in [3.8, 4) is 0 Å². The molecule has 2 N–H and O–H groups in total. The van der Waals surface area contributed by atoms with Crippen LogP contribution in [0.5, 0.6) is 0 Å². The first-order valence-corrected chi connectivity index (χ1v) is 8.07. The number of halogens is 2. The molecule has 23 heavy (non-hydrogen) atoms. The minimum atomic E-state index is -1.45. The van der Waals surface area contributed by atoms with Gasteiger partial charge in [0.25, 0.3) is 5.91 Å². The molecule has 0 saturated heterocycles. The third-order valence-corrected chi connectivity index (χ3v) is 5.32. The summed E-state index contributed by atoms with van der Waals surface area (Å²) in [6.07, 6.45) is -0.0955. The number of ether oxygens (including phenoxy) is 1. The Hall–Kier alpha value is -1.47. The molecular weight excluding hydrogens is 369 g/mol. The SMILES string of the molecule is CCOC1CC(NC(=O)c2cc(F)ccc2Br)(C(=O)O)C1(C)C. The average Bonchev–Trinajstić information content (AvgIpc) is 2.47. The van der Waals surface area contributed by atoms with Crippen LogP contribution in [0.25, 0.3) is 0 Å². The Morgan fingerprint density at radius 2 is 2.13 bits per heavy atom. The zero-order chi connectivity index (χ0) is 17.4. The lowest BCUT2D eigenvalue weighted by Gasteiger charge is -2.58. The van der Waals surface area contributed by atoms with Gasteiger partial charge in [0.1, 0.15) is 11.4 Å². The van der Waals surface area contributed by atoms with Gasteiger partial charge in [0.2, 0.25) is 0 Å². The van der Waals surface area contributed by atoms with Gasteiger partial charge in [-0.05, 0) is 41.1 Å². The second-order valence-electron chi connectivity index (χ2n) is 6.16. The molecule has 0 radical (unpaired) electrons. The van der Waals surface area contributed by atoms with Gasteiger partial charge < -0.3 is 15.2 Å². The monoisotopic (exact) mass is 387 g/mol. The number of hydrogen-bond acceptors (Lipinski definition) is 3. The maximum Gasteiger partial charge on any atom is 0.330 e. The van der Waals surface area contributed by atoms with E-state index in [1.807, 2.05) is 6.92 Å². The van der Waals surface area contributed by atoms with Gasteiger partial charge in [-0.3, -0.25) is 4.79 Å².